The van der Waals surface area contributed by atoms with Crippen LogP contribution < -0.4 is 0 Å². The van der Waals surface area contributed by atoms with Crippen molar-refractivity contribution < 1.29 is 23.2 Å². The predicted octanol–water partition coefficient (Wildman–Crippen LogP) is 4.48. The standard InChI is InChI=1S/C19H13ClFNO4/c1-11-16(18(22-26-11)17-13(20)8-5-9-14(17)21)19(24)25-10-15(23)12-6-3-2-4-7-12/h2-9H,10H2,1H3. The van der Waals surface area contributed by atoms with Crippen molar-refractivity contribution in [2.45, 2.75) is 6.92 Å². The fourth-order valence-corrected chi connectivity index (χ4v) is 2.67. The number of benzene rings is 2. The minimum Gasteiger partial charge on any atom is -0.454 e. The van der Waals surface area contributed by atoms with Gasteiger partial charge in [-0.1, -0.05) is 53.2 Å². The molecule has 0 unspecified atom stereocenters. The Morgan fingerprint density at radius 1 is 1.15 bits per heavy atom. The Labute approximate surface area is 153 Å². The third kappa shape index (κ3) is 3.50. The Hall–Kier alpha value is -2.99. The molecule has 0 spiro atoms. The number of ketones is 1. The number of nitrogens with zero attached hydrogens (tertiary/aromatic N) is 1. The fraction of sp³-hybridized carbons (Fsp3) is 0.105. The molecule has 0 aliphatic heterocycles. The molecule has 0 bridgehead atoms. The highest BCUT2D eigenvalue weighted by Crippen LogP contribution is 2.33. The summed E-state index contributed by atoms with van der Waals surface area (Å²) in [6.45, 7) is 1.03. The number of ether oxygens (including phenoxy) is 1. The normalized spacial score (nSPS) is 10.6. The molecule has 3 aromatic rings. The van der Waals surface area contributed by atoms with Gasteiger partial charge >= 0.3 is 5.97 Å². The van der Waals surface area contributed by atoms with E-state index in [0.717, 1.165) is 0 Å². The summed E-state index contributed by atoms with van der Waals surface area (Å²) in [4.78, 5) is 24.5. The van der Waals surface area contributed by atoms with Gasteiger partial charge in [-0.3, -0.25) is 4.79 Å². The summed E-state index contributed by atoms with van der Waals surface area (Å²) in [5.74, 6) is -1.72. The van der Waals surface area contributed by atoms with Crippen LogP contribution in [-0.4, -0.2) is 23.5 Å². The quantitative estimate of drug-likeness (QED) is 0.487. The van der Waals surface area contributed by atoms with Crippen molar-refractivity contribution >= 4 is 23.4 Å². The van der Waals surface area contributed by atoms with Crippen molar-refractivity contribution in [1.82, 2.24) is 5.16 Å². The zero-order valence-corrected chi connectivity index (χ0v) is 14.4. The van der Waals surface area contributed by atoms with Gasteiger partial charge in [-0.2, -0.15) is 0 Å². The highest BCUT2D eigenvalue weighted by molar-refractivity contribution is 6.33. The minimum atomic E-state index is -0.845. The molecule has 0 aliphatic carbocycles. The van der Waals surface area contributed by atoms with Gasteiger partial charge in [-0.25, -0.2) is 9.18 Å². The van der Waals surface area contributed by atoms with Gasteiger partial charge < -0.3 is 9.26 Å². The van der Waals surface area contributed by atoms with Crippen LogP contribution in [-0.2, 0) is 4.74 Å². The molecule has 0 saturated heterocycles. The van der Waals surface area contributed by atoms with Crippen molar-refractivity contribution in [3.63, 3.8) is 0 Å². The lowest BCUT2D eigenvalue weighted by Crippen LogP contribution is -2.15. The molecule has 0 aliphatic rings. The lowest BCUT2D eigenvalue weighted by atomic mass is 10.1. The van der Waals surface area contributed by atoms with E-state index >= 15 is 0 Å². The summed E-state index contributed by atoms with van der Waals surface area (Å²) in [5, 5.41) is 3.81. The van der Waals surface area contributed by atoms with E-state index in [2.05, 4.69) is 5.16 Å². The number of halogens is 2. The molecular formula is C19H13ClFNO4. The van der Waals surface area contributed by atoms with Gasteiger partial charge in [0, 0.05) is 5.56 Å². The highest BCUT2D eigenvalue weighted by atomic mass is 35.5. The molecule has 26 heavy (non-hydrogen) atoms. The summed E-state index contributed by atoms with van der Waals surface area (Å²) < 4.78 is 24.2. The topological polar surface area (TPSA) is 69.4 Å². The van der Waals surface area contributed by atoms with Crippen LogP contribution in [0.25, 0.3) is 11.3 Å². The van der Waals surface area contributed by atoms with Gasteiger partial charge in [0.1, 0.15) is 22.8 Å². The first-order chi connectivity index (χ1) is 12.5. The number of rotatable bonds is 5. The molecule has 0 fully saturated rings. The van der Waals surface area contributed by atoms with Crippen molar-refractivity contribution in [2.75, 3.05) is 6.61 Å². The molecule has 0 amide bonds. The van der Waals surface area contributed by atoms with E-state index in [-0.39, 0.29) is 33.4 Å². The van der Waals surface area contributed by atoms with Crippen LogP contribution in [0, 0.1) is 12.7 Å². The second kappa shape index (κ2) is 7.49. The van der Waals surface area contributed by atoms with Crippen molar-refractivity contribution in [3.8, 4) is 11.3 Å². The number of carbonyl (C=O) groups is 2. The maximum absolute atomic E-state index is 14.2. The average molecular weight is 374 g/mol. The Balaban J connectivity index is 1.85. The van der Waals surface area contributed by atoms with Crippen molar-refractivity contribution in [2.24, 2.45) is 0 Å². The number of Topliss-reactive ketones (excluding diaryl/α,β-unsaturated/α-hetero) is 1. The average Bonchev–Trinajstić information content (AvgIpc) is 3.01. The smallest absolute Gasteiger partial charge is 0.344 e. The second-order valence-electron chi connectivity index (χ2n) is 5.42. The van der Waals surface area contributed by atoms with Crippen LogP contribution in [0.3, 0.4) is 0 Å². The fourth-order valence-electron chi connectivity index (χ4n) is 2.42. The van der Waals surface area contributed by atoms with E-state index in [9.17, 15) is 14.0 Å². The first-order valence-corrected chi connectivity index (χ1v) is 8.03. The van der Waals surface area contributed by atoms with E-state index in [1.165, 1.54) is 25.1 Å². The summed E-state index contributed by atoms with van der Waals surface area (Å²) in [6.07, 6.45) is 0. The molecule has 0 N–H and O–H groups in total. The lowest BCUT2D eigenvalue weighted by Gasteiger charge is -2.07. The molecule has 0 saturated carbocycles. The SMILES string of the molecule is Cc1onc(-c2c(F)cccc2Cl)c1C(=O)OCC(=O)c1ccccc1. The molecule has 7 heteroatoms. The Kier molecular flexibility index (Phi) is 5.14. The summed E-state index contributed by atoms with van der Waals surface area (Å²) in [6, 6.07) is 12.5. The molecule has 0 radical (unpaired) electrons. The Morgan fingerprint density at radius 2 is 1.88 bits per heavy atom. The number of esters is 1. The van der Waals surface area contributed by atoms with Gasteiger partial charge in [0.2, 0.25) is 0 Å². The molecule has 1 heterocycles. The van der Waals surface area contributed by atoms with Crippen LogP contribution >= 0.6 is 11.6 Å². The van der Waals surface area contributed by atoms with Crippen LogP contribution in [0.1, 0.15) is 26.5 Å². The third-order valence-corrected chi connectivity index (χ3v) is 4.01. The van der Waals surface area contributed by atoms with Gasteiger partial charge in [0.25, 0.3) is 0 Å². The molecule has 1 aromatic heterocycles. The van der Waals surface area contributed by atoms with Crippen LogP contribution in [0.4, 0.5) is 4.39 Å². The molecule has 2 aromatic carbocycles. The van der Waals surface area contributed by atoms with Crippen LogP contribution in [0.15, 0.2) is 53.1 Å². The monoisotopic (exact) mass is 373 g/mol. The summed E-state index contributed by atoms with van der Waals surface area (Å²) >= 11 is 6.03. The van der Waals surface area contributed by atoms with Gasteiger partial charge in [0.05, 0.1) is 10.6 Å². The van der Waals surface area contributed by atoms with E-state index < -0.39 is 18.4 Å². The lowest BCUT2D eigenvalue weighted by molar-refractivity contribution is 0.0473. The summed E-state index contributed by atoms with van der Waals surface area (Å²) in [7, 11) is 0. The number of carbonyl (C=O) groups excluding carboxylic acids is 2. The van der Waals surface area contributed by atoms with Crippen LogP contribution in [0.2, 0.25) is 5.02 Å². The van der Waals surface area contributed by atoms with Gasteiger partial charge in [-0.05, 0) is 19.1 Å². The van der Waals surface area contributed by atoms with Crippen molar-refractivity contribution in [1.29, 1.82) is 0 Å². The zero-order chi connectivity index (χ0) is 18.7. The number of aromatic nitrogens is 1. The molecule has 5 nitrogen and oxygen atoms in total. The maximum atomic E-state index is 14.2. The number of hydrogen-bond donors (Lipinski definition) is 0. The highest BCUT2D eigenvalue weighted by Gasteiger charge is 2.27. The van der Waals surface area contributed by atoms with Crippen molar-refractivity contribution in [3.05, 3.63) is 76.3 Å². The maximum Gasteiger partial charge on any atom is 0.344 e. The Morgan fingerprint density at radius 3 is 2.58 bits per heavy atom. The molecular weight excluding hydrogens is 361 g/mol. The largest absolute Gasteiger partial charge is 0.454 e. The predicted molar refractivity (Wildman–Crippen MR) is 92.7 cm³/mol. The molecule has 0 atom stereocenters. The van der Waals surface area contributed by atoms with E-state index in [4.69, 9.17) is 20.9 Å². The second-order valence-corrected chi connectivity index (χ2v) is 5.83. The van der Waals surface area contributed by atoms with Crippen LogP contribution in [0.5, 0.6) is 0 Å². The first kappa shape index (κ1) is 17.8. The van der Waals surface area contributed by atoms with Gasteiger partial charge in [0.15, 0.2) is 12.4 Å². The van der Waals surface area contributed by atoms with E-state index in [0.29, 0.717) is 5.56 Å². The Bertz CT molecular complexity index is 949. The van der Waals surface area contributed by atoms with E-state index in [1.807, 2.05) is 0 Å². The zero-order valence-electron chi connectivity index (χ0n) is 13.7. The first-order valence-electron chi connectivity index (χ1n) is 7.65. The van der Waals surface area contributed by atoms with E-state index in [1.54, 1.807) is 30.3 Å². The molecule has 3 rings (SSSR count). The summed E-state index contributed by atoms with van der Waals surface area (Å²) in [5.41, 5.74) is 0.215. The molecule has 132 valence electrons. The van der Waals surface area contributed by atoms with Gasteiger partial charge in [-0.15, -0.1) is 0 Å². The minimum absolute atomic E-state index is 0.0626. The number of hydrogen-bond acceptors (Lipinski definition) is 5. The third-order valence-electron chi connectivity index (χ3n) is 3.70. The number of aryl methyl sites for hydroxylation is 1.